The number of hydrogen-bond acceptors (Lipinski definition) is 5. The summed E-state index contributed by atoms with van der Waals surface area (Å²) < 4.78 is 11.4. The molecule has 6 heteroatoms. The van der Waals surface area contributed by atoms with Crippen LogP contribution in [0.3, 0.4) is 0 Å². The first-order valence-corrected chi connectivity index (χ1v) is 8.65. The SMILES string of the molecule is COc1cc(C=C2Sc3ccccc3C2=O)cc(Br)c1OCC#N. The van der Waals surface area contributed by atoms with Gasteiger partial charge in [-0.15, -0.1) is 0 Å². The molecular formula is C18H12BrNO3S. The number of thioether (sulfide) groups is 1. The largest absolute Gasteiger partial charge is 0.493 e. The van der Waals surface area contributed by atoms with E-state index in [0.29, 0.717) is 20.9 Å². The molecule has 2 aromatic rings. The number of Topliss-reactive ketones (excluding diaryl/α,β-unsaturated/α-hetero) is 1. The summed E-state index contributed by atoms with van der Waals surface area (Å²) in [5, 5.41) is 8.66. The number of halogens is 1. The lowest BCUT2D eigenvalue weighted by Gasteiger charge is -2.11. The lowest BCUT2D eigenvalue weighted by Crippen LogP contribution is -1.98. The third-order valence-corrected chi connectivity index (χ3v) is 5.09. The van der Waals surface area contributed by atoms with Crippen molar-refractivity contribution in [1.82, 2.24) is 0 Å². The molecule has 3 rings (SSSR count). The summed E-state index contributed by atoms with van der Waals surface area (Å²) in [6, 6.07) is 13.1. The maximum absolute atomic E-state index is 12.5. The van der Waals surface area contributed by atoms with Crippen LogP contribution in [0.15, 0.2) is 50.7 Å². The Kier molecular flexibility index (Phi) is 4.93. The first kappa shape index (κ1) is 16.6. The second-order valence-electron chi connectivity index (χ2n) is 4.92. The Balaban J connectivity index is 1.96. The summed E-state index contributed by atoms with van der Waals surface area (Å²) in [6.07, 6.45) is 1.83. The highest BCUT2D eigenvalue weighted by molar-refractivity contribution is 9.10. The van der Waals surface area contributed by atoms with Gasteiger partial charge >= 0.3 is 0 Å². The van der Waals surface area contributed by atoms with E-state index in [1.54, 1.807) is 6.07 Å². The fourth-order valence-electron chi connectivity index (χ4n) is 2.35. The summed E-state index contributed by atoms with van der Waals surface area (Å²) in [5.74, 6) is 0.991. The normalized spacial score (nSPS) is 14.4. The van der Waals surface area contributed by atoms with E-state index >= 15 is 0 Å². The molecule has 0 aromatic heterocycles. The molecule has 0 amide bonds. The van der Waals surface area contributed by atoms with Crippen molar-refractivity contribution in [2.75, 3.05) is 13.7 Å². The van der Waals surface area contributed by atoms with Gasteiger partial charge in [-0.05, 0) is 51.8 Å². The molecule has 0 saturated carbocycles. The predicted molar refractivity (Wildman–Crippen MR) is 96.4 cm³/mol. The minimum atomic E-state index is -0.0704. The Labute approximate surface area is 152 Å². The predicted octanol–water partition coefficient (Wildman–Crippen LogP) is 4.69. The minimum Gasteiger partial charge on any atom is -0.493 e. The molecule has 0 N–H and O–H groups in total. The van der Waals surface area contributed by atoms with Crippen LogP contribution in [0.4, 0.5) is 0 Å². The van der Waals surface area contributed by atoms with Gasteiger partial charge in [-0.1, -0.05) is 23.9 Å². The van der Waals surface area contributed by atoms with Crippen LogP contribution in [-0.4, -0.2) is 19.5 Å². The summed E-state index contributed by atoms with van der Waals surface area (Å²) in [5.41, 5.74) is 1.54. The molecule has 1 heterocycles. The lowest BCUT2D eigenvalue weighted by atomic mass is 10.1. The molecular weight excluding hydrogens is 390 g/mol. The number of carbonyl (C=O) groups is 1. The topological polar surface area (TPSA) is 59.3 Å². The Morgan fingerprint density at radius 3 is 2.83 bits per heavy atom. The van der Waals surface area contributed by atoms with Gasteiger partial charge < -0.3 is 9.47 Å². The molecule has 0 spiro atoms. The van der Waals surface area contributed by atoms with Crippen molar-refractivity contribution in [3.63, 3.8) is 0 Å². The second kappa shape index (κ2) is 7.12. The summed E-state index contributed by atoms with van der Waals surface area (Å²) in [6.45, 7) is -0.0704. The molecule has 24 heavy (non-hydrogen) atoms. The Hall–Kier alpha value is -2.23. The standard InChI is InChI=1S/C18H12BrNO3S/c1-22-14-9-11(8-13(19)18(14)23-7-6-20)10-16-17(21)12-4-2-3-5-15(12)24-16/h2-5,8-10H,7H2,1H3. The average molecular weight is 402 g/mol. The van der Waals surface area contributed by atoms with E-state index in [-0.39, 0.29) is 12.4 Å². The number of allylic oxidation sites excluding steroid dienone is 1. The Morgan fingerprint density at radius 2 is 2.12 bits per heavy atom. The van der Waals surface area contributed by atoms with Crippen molar-refractivity contribution in [3.8, 4) is 17.6 Å². The van der Waals surface area contributed by atoms with Crippen LogP contribution < -0.4 is 9.47 Å². The van der Waals surface area contributed by atoms with E-state index in [9.17, 15) is 4.79 Å². The molecule has 0 fully saturated rings. The molecule has 0 bridgehead atoms. The van der Waals surface area contributed by atoms with Gasteiger partial charge in [-0.25, -0.2) is 0 Å². The highest BCUT2D eigenvalue weighted by Crippen LogP contribution is 2.42. The fraction of sp³-hybridized carbons (Fsp3) is 0.111. The molecule has 4 nitrogen and oxygen atoms in total. The second-order valence-corrected chi connectivity index (χ2v) is 6.85. The third kappa shape index (κ3) is 3.18. The number of fused-ring (bicyclic) bond motifs is 1. The van der Waals surface area contributed by atoms with E-state index in [1.165, 1.54) is 18.9 Å². The highest BCUT2D eigenvalue weighted by atomic mass is 79.9. The number of nitrogens with zero attached hydrogens (tertiary/aromatic N) is 1. The zero-order valence-electron chi connectivity index (χ0n) is 12.7. The minimum absolute atomic E-state index is 0.0236. The van der Waals surface area contributed by atoms with Gasteiger partial charge in [0.05, 0.1) is 16.5 Å². The van der Waals surface area contributed by atoms with Crippen molar-refractivity contribution in [3.05, 3.63) is 56.9 Å². The van der Waals surface area contributed by atoms with Gasteiger partial charge in [0.15, 0.2) is 18.1 Å². The molecule has 120 valence electrons. The van der Waals surface area contributed by atoms with Crippen LogP contribution in [-0.2, 0) is 0 Å². The number of nitriles is 1. The molecule has 2 aromatic carbocycles. The van der Waals surface area contributed by atoms with Crippen molar-refractivity contribution in [2.45, 2.75) is 4.90 Å². The lowest BCUT2D eigenvalue weighted by molar-refractivity contribution is 0.104. The van der Waals surface area contributed by atoms with Crippen LogP contribution in [0, 0.1) is 11.3 Å². The van der Waals surface area contributed by atoms with Gasteiger partial charge in [0.25, 0.3) is 0 Å². The quantitative estimate of drug-likeness (QED) is 0.695. The van der Waals surface area contributed by atoms with Crippen molar-refractivity contribution in [2.24, 2.45) is 0 Å². The van der Waals surface area contributed by atoms with Gasteiger partial charge in [0, 0.05) is 10.5 Å². The summed E-state index contributed by atoms with van der Waals surface area (Å²) >= 11 is 4.88. The van der Waals surface area contributed by atoms with E-state index in [4.69, 9.17) is 14.7 Å². The molecule has 0 radical (unpaired) electrons. The number of ketones is 1. The van der Waals surface area contributed by atoms with Gasteiger partial charge in [-0.3, -0.25) is 4.79 Å². The first-order chi connectivity index (χ1) is 11.6. The van der Waals surface area contributed by atoms with Crippen molar-refractivity contribution >= 4 is 39.6 Å². The molecule has 0 atom stereocenters. The zero-order chi connectivity index (χ0) is 17.1. The zero-order valence-corrected chi connectivity index (χ0v) is 15.1. The van der Waals surface area contributed by atoms with Gasteiger partial charge in [0.1, 0.15) is 6.07 Å². The monoisotopic (exact) mass is 401 g/mol. The number of methoxy groups -OCH3 is 1. The van der Waals surface area contributed by atoms with Gasteiger partial charge in [0.2, 0.25) is 5.78 Å². The number of rotatable bonds is 4. The maximum Gasteiger partial charge on any atom is 0.200 e. The van der Waals surface area contributed by atoms with Crippen LogP contribution in [0.25, 0.3) is 6.08 Å². The Bertz CT molecular complexity index is 886. The third-order valence-electron chi connectivity index (χ3n) is 3.41. The molecule has 1 aliphatic heterocycles. The molecule has 1 aliphatic rings. The molecule has 0 saturated heterocycles. The molecule has 0 unspecified atom stereocenters. The number of benzene rings is 2. The summed E-state index contributed by atoms with van der Waals surface area (Å²) in [4.78, 5) is 14.1. The van der Waals surface area contributed by atoms with Crippen molar-refractivity contribution < 1.29 is 14.3 Å². The average Bonchev–Trinajstić information content (AvgIpc) is 2.90. The van der Waals surface area contributed by atoms with E-state index in [2.05, 4.69) is 15.9 Å². The van der Waals surface area contributed by atoms with Crippen LogP contribution >= 0.6 is 27.7 Å². The van der Waals surface area contributed by atoms with E-state index in [0.717, 1.165) is 16.0 Å². The van der Waals surface area contributed by atoms with Crippen LogP contribution in [0.1, 0.15) is 15.9 Å². The van der Waals surface area contributed by atoms with Crippen LogP contribution in [0.2, 0.25) is 0 Å². The first-order valence-electron chi connectivity index (χ1n) is 7.04. The number of carbonyl (C=O) groups excluding carboxylic acids is 1. The molecule has 0 aliphatic carbocycles. The van der Waals surface area contributed by atoms with E-state index in [1.807, 2.05) is 42.5 Å². The maximum atomic E-state index is 12.5. The smallest absolute Gasteiger partial charge is 0.200 e. The fourth-order valence-corrected chi connectivity index (χ4v) is 3.98. The van der Waals surface area contributed by atoms with Crippen molar-refractivity contribution in [1.29, 1.82) is 5.26 Å². The number of hydrogen-bond donors (Lipinski definition) is 0. The van der Waals surface area contributed by atoms with E-state index < -0.39 is 0 Å². The Morgan fingerprint density at radius 1 is 1.33 bits per heavy atom. The number of ether oxygens (including phenoxy) is 2. The summed E-state index contributed by atoms with van der Waals surface area (Å²) in [7, 11) is 1.53. The van der Waals surface area contributed by atoms with Gasteiger partial charge in [-0.2, -0.15) is 5.26 Å². The highest BCUT2D eigenvalue weighted by Gasteiger charge is 2.25. The van der Waals surface area contributed by atoms with Crippen LogP contribution in [0.5, 0.6) is 11.5 Å².